The lowest BCUT2D eigenvalue weighted by molar-refractivity contribution is -0.138. The summed E-state index contributed by atoms with van der Waals surface area (Å²) < 4.78 is 3.96. The van der Waals surface area contributed by atoms with Crippen LogP contribution in [0.15, 0.2) is 94.9 Å². The van der Waals surface area contributed by atoms with Crippen LogP contribution in [0.2, 0.25) is 10.0 Å². The summed E-state index contributed by atoms with van der Waals surface area (Å²) >= 11 is 15.6. The first kappa shape index (κ1) is 77.8. The Hall–Kier alpha value is -10.8. The van der Waals surface area contributed by atoms with E-state index in [1.54, 1.807) is 53.0 Å². The van der Waals surface area contributed by atoms with Crippen LogP contribution >= 0.6 is 45.9 Å². The van der Waals surface area contributed by atoms with Gasteiger partial charge in [0.05, 0.1) is 37.4 Å². The Labute approximate surface area is 646 Å². The zero-order valence-corrected chi connectivity index (χ0v) is 64.3. The van der Waals surface area contributed by atoms with Crippen molar-refractivity contribution in [3.63, 3.8) is 0 Å². The van der Waals surface area contributed by atoms with Crippen LogP contribution in [-0.2, 0) is 51.4 Å². The van der Waals surface area contributed by atoms with Gasteiger partial charge in [-0.1, -0.05) is 79.4 Å². The van der Waals surface area contributed by atoms with E-state index in [4.69, 9.17) is 33.2 Å². The van der Waals surface area contributed by atoms with E-state index in [0.29, 0.717) is 88.7 Å². The molecule has 4 aromatic carbocycles. The van der Waals surface area contributed by atoms with E-state index in [9.17, 15) is 53.1 Å². The monoisotopic (exact) mass is 1560 g/mol. The average Bonchev–Trinajstić information content (AvgIpc) is 1.59. The number of benzene rings is 4. The van der Waals surface area contributed by atoms with E-state index in [1.807, 2.05) is 77.6 Å². The van der Waals surface area contributed by atoms with E-state index >= 15 is 0 Å². The predicted octanol–water partition coefficient (Wildman–Crippen LogP) is 9.52. The Morgan fingerprint density at radius 3 is 1.34 bits per heavy atom. The summed E-state index contributed by atoms with van der Waals surface area (Å²) in [6, 6.07) is 23.0. The van der Waals surface area contributed by atoms with Crippen LogP contribution < -0.4 is 37.2 Å². The number of aromatic nitrogens is 6. The highest BCUT2D eigenvalue weighted by atomic mass is 35.5. The lowest BCUT2D eigenvalue weighted by Crippen LogP contribution is -2.52. The number of thiophene rings is 2. The highest BCUT2D eigenvalue weighted by Crippen LogP contribution is 2.43. The number of halogens is 2. The van der Waals surface area contributed by atoms with Gasteiger partial charge in [-0.25, -0.2) is 0 Å². The number of anilines is 2. The predicted molar refractivity (Wildman–Crippen MR) is 413 cm³/mol. The second kappa shape index (κ2) is 34.2. The molecule has 28 nitrogen and oxygen atoms in total. The fraction of sp³-hybridized carbons (Fsp3) is 0.377. The van der Waals surface area contributed by atoms with Gasteiger partial charge in [0.25, 0.3) is 11.8 Å². The van der Waals surface area contributed by atoms with Crippen LogP contribution in [0.1, 0.15) is 188 Å². The van der Waals surface area contributed by atoms with Crippen molar-refractivity contribution in [1.82, 2.24) is 65.9 Å². The topological polar surface area (TPSA) is 368 Å². The molecule has 109 heavy (non-hydrogen) atoms. The molecule has 10 heterocycles. The molecule has 0 aliphatic carbocycles. The van der Waals surface area contributed by atoms with Crippen molar-refractivity contribution in [2.24, 2.45) is 9.98 Å². The van der Waals surface area contributed by atoms with E-state index in [-0.39, 0.29) is 99.6 Å². The quantitative estimate of drug-likeness (QED) is 0.0218. The average molecular weight is 1560 g/mol. The minimum Gasteiger partial charge on any atom is -0.481 e. The summed E-state index contributed by atoms with van der Waals surface area (Å²) in [6.45, 7) is 16.3. The summed E-state index contributed by atoms with van der Waals surface area (Å²) in [5.74, 6) is -0.840. The Kier molecular flexibility index (Phi) is 24.4. The van der Waals surface area contributed by atoms with Crippen LogP contribution in [-0.4, -0.2) is 160 Å². The third-order valence-electron chi connectivity index (χ3n) is 19.9. The van der Waals surface area contributed by atoms with Crippen molar-refractivity contribution >= 4 is 128 Å². The van der Waals surface area contributed by atoms with Crippen molar-refractivity contribution in [2.75, 3.05) is 43.4 Å². The van der Waals surface area contributed by atoms with E-state index in [2.05, 4.69) is 92.2 Å². The lowest BCUT2D eigenvalue weighted by Gasteiger charge is -2.29. The molecular weight excluding hydrogens is 1470 g/mol. The zero-order chi connectivity index (χ0) is 77.5. The first-order valence-electron chi connectivity index (χ1n) is 36.1. The summed E-state index contributed by atoms with van der Waals surface area (Å²) in [6.07, 6.45) is 5.38. The van der Waals surface area contributed by atoms with Gasteiger partial charge in [0.1, 0.15) is 45.8 Å². The summed E-state index contributed by atoms with van der Waals surface area (Å²) in [5, 5.41) is 49.5. The number of aliphatic carboxylic acids is 1. The molecule has 2 unspecified atom stereocenters. The number of amides is 9. The number of hydrogen-bond donors (Lipinski definition) is 8. The maximum Gasteiger partial charge on any atom is 0.306 e. The highest BCUT2D eigenvalue weighted by molar-refractivity contribution is 7.15. The Bertz CT molecular complexity index is 4990. The van der Waals surface area contributed by atoms with Crippen LogP contribution in [0, 0.1) is 41.5 Å². The van der Waals surface area contributed by atoms with Crippen LogP contribution in [0.4, 0.5) is 11.4 Å². The minimum absolute atomic E-state index is 0.00448. The van der Waals surface area contributed by atoms with Gasteiger partial charge in [0.2, 0.25) is 41.4 Å². The standard InChI is InChI=1S/C38H40ClN9O5S.C20H26N4O4.C19H17ClN4O2S/c1-20-21(2)54-38-33(20)34(23-9-11-24(39)12-10-23)43-28(35-46-45-22(3)48(35)38)17-31(50)40-15-4-5-16-41-32(51)18-42-27-8-6-7-25-26(27)19-47(37(25)53)29-13-14-30(49)44-36(29)52;1-2-3-4-10-21-18(26)11-22-15-7-5-6-13-14(15)12-24(20(13)28)16-8-9-17(25)23-19(16)27;1-9-10(2)27-19-16(9)17(12-4-6-13(20)7-5-12)21-14(8-15(25)26)18-23-22-11(3)24(18)19/h6-12,28-29,42H,4-5,13-19H2,1-3H3,(H,40,50)(H,41,51)(H,44,49,52);5-7,16,22H,2-4,8-12H2,1H3,(H,21,26)(H,23,25,27);4-7,14H,8H2,1-3H3,(H,25,26)/t28-,29?;;14-/m0.0/s1. The number of fused-ring (bicyclic) bond motifs is 8. The third kappa shape index (κ3) is 17.2. The fourth-order valence-corrected chi connectivity index (χ4v) is 16.6. The number of aliphatic imine (C=N–C) groups is 2. The molecule has 6 aliphatic heterocycles. The highest BCUT2D eigenvalue weighted by Gasteiger charge is 2.42. The van der Waals surface area contributed by atoms with Gasteiger partial charge in [-0.3, -0.25) is 77.7 Å². The largest absolute Gasteiger partial charge is 0.481 e. The first-order chi connectivity index (χ1) is 52.4. The number of aryl methyl sites for hydroxylation is 4. The van der Waals surface area contributed by atoms with Crippen molar-refractivity contribution in [3.8, 4) is 10.0 Å². The van der Waals surface area contributed by atoms with Crippen molar-refractivity contribution in [2.45, 2.75) is 156 Å². The molecule has 8 N–H and O–H groups in total. The van der Waals surface area contributed by atoms with Gasteiger partial charge in [-0.2, -0.15) is 0 Å². The van der Waals surface area contributed by atoms with Gasteiger partial charge in [-0.15, -0.1) is 43.1 Å². The van der Waals surface area contributed by atoms with Crippen molar-refractivity contribution in [3.05, 3.63) is 184 Å². The van der Waals surface area contributed by atoms with Crippen LogP contribution in [0.25, 0.3) is 10.0 Å². The number of nitrogens with zero attached hydrogens (tertiary/aromatic N) is 10. The van der Waals surface area contributed by atoms with E-state index < -0.39 is 42.0 Å². The number of carbonyl (C=O) groups is 10. The molecule has 2 saturated heterocycles. The SMILES string of the molecule is CCCCCNC(=O)CNc1cccc2c1CN(C1CCC(=O)NC1=O)C2=O.Cc1sc2c(c1C)C(c1ccc(Cl)cc1)=N[C@@H](CC(=O)NCCCCNC(=O)CNc1cccc3c1CN(C1CCC(=O)NC1=O)C3=O)c1nnc(C)n1-2.Cc1sc2c(c1C)C(c1ccc(Cl)cc1)=N[C@@H](CC(=O)O)c1nnc(C)n1-2. The molecular formula is C77H83Cl2N17O11S2. The molecule has 4 aromatic heterocycles. The third-order valence-corrected chi connectivity index (χ3v) is 22.7. The molecule has 0 spiro atoms. The number of carboxylic acid groups (broad SMARTS) is 1. The van der Waals surface area contributed by atoms with Gasteiger partial charge >= 0.3 is 5.97 Å². The number of unbranched alkanes of at least 4 members (excludes halogenated alkanes) is 3. The molecule has 0 saturated carbocycles. The molecule has 6 aliphatic rings. The Balaban J connectivity index is 0.000000169. The molecule has 4 atom stereocenters. The number of imide groups is 2. The molecule has 0 bridgehead atoms. The summed E-state index contributed by atoms with van der Waals surface area (Å²) in [5.41, 5.74) is 11.4. The molecule has 32 heteroatoms. The molecule has 0 radical (unpaired) electrons. The Morgan fingerprint density at radius 2 is 0.936 bits per heavy atom. The number of rotatable bonds is 23. The second-order valence-electron chi connectivity index (χ2n) is 27.2. The number of nitrogens with one attached hydrogen (secondary N) is 7. The molecule has 568 valence electrons. The minimum atomic E-state index is -0.926. The van der Waals surface area contributed by atoms with Crippen LogP contribution in [0.5, 0.6) is 0 Å². The van der Waals surface area contributed by atoms with Crippen molar-refractivity contribution < 1.29 is 53.1 Å². The van der Waals surface area contributed by atoms with Gasteiger partial charge in [0, 0.05) is 121 Å². The number of carboxylic acids is 1. The smallest absolute Gasteiger partial charge is 0.306 e. The molecule has 9 amide bonds. The summed E-state index contributed by atoms with van der Waals surface area (Å²) in [4.78, 5) is 138. The van der Waals surface area contributed by atoms with E-state index in [0.717, 1.165) is 91.3 Å². The normalized spacial score (nSPS) is 17.4. The van der Waals surface area contributed by atoms with Gasteiger partial charge < -0.3 is 41.5 Å². The lowest BCUT2D eigenvalue weighted by atomic mass is 9.99. The first-order valence-corrected chi connectivity index (χ1v) is 38.5. The fourth-order valence-electron chi connectivity index (χ4n) is 14.0. The molecule has 8 aromatic rings. The number of piperidine rings is 2. The van der Waals surface area contributed by atoms with Gasteiger partial charge in [0.15, 0.2) is 11.6 Å². The number of hydrogen-bond acceptors (Lipinski definition) is 20. The zero-order valence-electron chi connectivity index (χ0n) is 61.2. The maximum absolute atomic E-state index is 13.3. The summed E-state index contributed by atoms with van der Waals surface area (Å²) in [7, 11) is 0. The molecule has 2 fully saturated rings. The van der Waals surface area contributed by atoms with Crippen LogP contribution in [0.3, 0.4) is 0 Å². The second-order valence-corrected chi connectivity index (χ2v) is 30.5. The van der Waals surface area contributed by atoms with Crippen molar-refractivity contribution in [1.29, 1.82) is 0 Å². The van der Waals surface area contributed by atoms with E-state index in [1.165, 1.54) is 19.6 Å². The number of carbonyl (C=O) groups excluding carboxylic acids is 9. The Morgan fingerprint density at radius 1 is 0.532 bits per heavy atom. The van der Waals surface area contributed by atoms with Gasteiger partial charge in [-0.05, 0) is 133 Å². The maximum atomic E-state index is 13.3. The molecule has 14 rings (SSSR count).